The van der Waals surface area contributed by atoms with E-state index < -0.39 is 0 Å². The van der Waals surface area contributed by atoms with Crippen LogP contribution in [0.4, 0.5) is 0 Å². The lowest BCUT2D eigenvalue weighted by molar-refractivity contribution is 0.427. The first-order chi connectivity index (χ1) is 5.76. The van der Waals surface area contributed by atoms with Gasteiger partial charge in [-0.25, -0.2) is 0 Å². The summed E-state index contributed by atoms with van der Waals surface area (Å²) in [6.07, 6.45) is 7.40. The monoisotopic (exact) mass is 185 g/mol. The maximum Gasteiger partial charge on any atom is 0.120 e. The van der Waals surface area contributed by atoms with Crippen LogP contribution in [-0.2, 0) is 0 Å². The zero-order valence-corrected chi connectivity index (χ0v) is 8.31. The summed E-state index contributed by atoms with van der Waals surface area (Å²) in [5.74, 6) is 0.106. The summed E-state index contributed by atoms with van der Waals surface area (Å²) in [6.45, 7) is 5.15. The van der Waals surface area contributed by atoms with E-state index in [-0.39, 0.29) is 5.76 Å². The molecule has 0 aromatic rings. The van der Waals surface area contributed by atoms with E-state index in [1.807, 2.05) is 0 Å². The molecule has 3 heteroatoms. The average Bonchev–Trinajstić information content (AvgIpc) is 2.16. The quantitative estimate of drug-likeness (QED) is 0.269. The van der Waals surface area contributed by atoms with Crippen molar-refractivity contribution in [2.24, 2.45) is 0 Å². The van der Waals surface area contributed by atoms with Gasteiger partial charge in [0.15, 0.2) is 0 Å². The Morgan fingerprint density at radius 1 is 1.50 bits per heavy atom. The van der Waals surface area contributed by atoms with Gasteiger partial charge in [-0.2, -0.15) is 12.6 Å². The molecule has 2 nitrogen and oxygen atoms in total. The number of hydrogen-bond acceptors (Lipinski definition) is 3. The van der Waals surface area contributed by atoms with Crippen LogP contribution < -0.4 is 0 Å². The first-order valence-corrected chi connectivity index (χ1v) is 4.29. The third kappa shape index (κ3) is 5.80. The van der Waals surface area contributed by atoms with Gasteiger partial charge in [-0.05, 0) is 19.3 Å². The Labute approximate surface area is 79.2 Å². The van der Waals surface area contributed by atoms with Gasteiger partial charge in [0.1, 0.15) is 5.76 Å². The summed E-state index contributed by atoms with van der Waals surface area (Å²) in [5.41, 5.74) is 0.470. The number of rotatable bonds is 3. The second-order valence-corrected chi connectivity index (χ2v) is 1.68. The molecule has 0 aromatic heterocycles. The van der Waals surface area contributed by atoms with Gasteiger partial charge < -0.3 is 10.5 Å². The summed E-state index contributed by atoms with van der Waals surface area (Å²) in [5, 5.41) is 15.9. The second kappa shape index (κ2) is 10.0. The second-order valence-electron chi connectivity index (χ2n) is 1.68. The Hall–Kier alpha value is -0.960. The standard InChI is InChI=1S/C8H11NO.CH4S/c1-3-5-7(6-9)8(10)4-2;1-2/h3-6,9-10H,1H2,2H3;2H,1H3/b7-5-,8-4+,9-6?;. The number of aliphatic hydroxyl groups excluding tert-OH is 1. The Morgan fingerprint density at radius 3 is 2.25 bits per heavy atom. The minimum Gasteiger partial charge on any atom is -0.508 e. The van der Waals surface area contributed by atoms with Crippen molar-refractivity contribution in [2.45, 2.75) is 6.92 Å². The number of hydrogen-bond donors (Lipinski definition) is 3. The zero-order valence-electron chi connectivity index (χ0n) is 7.41. The molecule has 0 amide bonds. The van der Waals surface area contributed by atoms with Gasteiger partial charge in [0, 0.05) is 11.8 Å². The molecular formula is C9H15NOS. The normalized spacial score (nSPS) is 11.2. The molecule has 0 bridgehead atoms. The molecule has 0 saturated heterocycles. The highest BCUT2D eigenvalue weighted by Gasteiger charge is 1.93. The Balaban J connectivity index is 0. The zero-order chi connectivity index (χ0) is 9.98. The molecule has 0 aliphatic heterocycles. The van der Waals surface area contributed by atoms with Crippen LogP contribution in [-0.4, -0.2) is 17.6 Å². The van der Waals surface area contributed by atoms with Crippen LogP contribution in [0.1, 0.15) is 6.92 Å². The SMILES string of the molecule is C=C/C=C(C=N)\C(O)=C/C.CS. The van der Waals surface area contributed by atoms with Gasteiger partial charge in [-0.3, -0.25) is 0 Å². The van der Waals surface area contributed by atoms with E-state index in [4.69, 9.17) is 10.5 Å². The van der Waals surface area contributed by atoms with Gasteiger partial charge in [-0.15, -0.1) is 0 Å². The summed E-state index contributed by atoms with van der Waals surface area (Å²) in [6, 6.07) is 0. The van der Waals surface area contributed by atoms with Crippen LogP contribution in [0.2, 0.25) is 0 Å². The fraction of sp³-hybridized carbons (Fsp3) is 0.222. The summed E-state index contributed by atoms with van der Waals surface area (Å²) in [7, 11) is 0. The fourth-order valence-electron chi connectivity index (χ4n) is 0.501. The summed E-state index contributed by atoms with van der Waals surface area (Å²) in [4.78, 5) is 0. The highest BCUT2D eigenvalue weighted by molar-refractivity contribution is 7.79. The molecule has 0 aromatic carbocycles. The molecule has 2 N–H and O–H groups in total. The molecule has 0 atom stereocenters. The third-order valence-electron chi connectivity index (χ3n) is 1.02. The van der Waals surface area contributed by atoms with Gasteiger partial charge >= 0.3 is 0 Å². The van der Waals surface area contributed by atoms with Gasteiger partial charge in [0.05, 0.1) is 0 Å². The molecule has 0 rings (SSSR count). The molecule has 0 heterocycles. The average molecular weight is 185 g/mol. The first-order valence-electron chi connectivity index (χ1n) is 3.39. The van der Waals surface area contributed by atoms with Gasteiger partial charge in [0.25, 0.3) is 0 Å². The van der Waals surface area contributed by atoms with Crippen LogP contribution >= 0.6 is 12.6 Å². The van der Waals surface area contributed by atoms with E-state index in [1.54, 1.807) is 19.3 Å². The van der Waals surface area contributed by atoms with Crippen LogP contribution in [0.25, 0.3) is 0 Å². The first kappa shape index (κ1) is 13.6. The van der Waals surface area contributed by atoms with E-state index in [0.29, 0.717) is 5.57 Å². The largest absolute Gasteiger partial charge is 0.508 e. The summed E-state index contributed by atoms with van der Waals surface area (Å²) >= 11 is 3.53. The lowest BCUT2D eigenvalue weighted by Gasteiger charge is -1.95. The van der Waals surface area contributed by atoms with Crippen LogP contribution in [0.15, 0.2) is 36.1 Å². The topological polar surface area (TPSA) is 44.1 Å². The molecule has 0 aliphatic rings. The molecule has 0 radical (unpaired) electrons. The summed E-state index contributed by atoms with van der Waals surface area (Å²) < 4.78 is 0. The van der Waals surface area contributed by atoms with Crippen molar-refractivity contribution in [1.29, 1.82) is 5.41 Å². The molecule has 0 unspecified atom stereocenters. The third-order valence-corrected chi connectivity index (χ3v) is 1.02. The highest BCUT2D eigenvalue weighted by atomic mass is 32.1. The fourth-order valence-corrected chi connectivity index (χ4v) is 0.501. The molecule has 0 fully saturated rings. The Morgan fingerprint density at radius 2 is 2.00 bits per heavy atom. The Kier molecular flexibility index (Phi) is 11.4. The number of nitrogens with one attached hydrogen (secondary N) is 1. The van der Waals surface area contributed by atoms with Crippen molar-refractivity contribution in [3.63, 3.8) is 0 Å². The predicted octanol–water partition coefficient (Wildman–Crippen LogP) is 2.76. The molecule has 0 saturated carbocycles. The van der Waals surface area contributed by atoms with Crippen LogP contribution in [0, 0.1) is 5.41 Å². The van der Waals surface area contributed by atoms with E-state index >= 15 is 0 Å². The number of thiol groups is 1. The maximum atomic E-state index is 9.04. The smallest absolute Gasteiger partial charge is 0.120 e. The van der Waals surface area contributed by atoms with Crippen molar-refractivity contribution in [3.05, 3.63) is 36.1 Å². The van der Waals surface area contributed by atoms with Crippen molar-refractivity contribution in [3.8, 4) is 0 Å². The maximum absolute atomic E-state index is 9.04. The molecule has 12 heavy (non-hydrogen) atoms. The molecule has 0 spiro atoms. The van der Waals surface area contributed by atoms with Crippen LogP contribution in [0.5, 0.6) is 0 Å². The van der Waals surface area contributed by atoms with Gasteiger partial charge in [-0.1, -0.05) is 18.7 Å². The van der Waals surface area contributed by atoms with E-state index in [1.165, 1.54) is 12.2 Å². The number of aliphatic hydroxyl groups is 1. The molecule has 68 valence electrons. The van der Waals surface area contributed by atoms with E-state index in [0.717, 1.165) is 6.21 Å². The highest BCUT2D eigenvalue weighted by Crippen LogP contribution is 2.02. The lowest BCUT2D eigenvalue weighted by atomic mass is 10.2. The lowest BCUT2D eigenvalue weighted by Crippen LogP contribution is -1.87. The van der Waals surface area contributed by atoms with Crippen molar-refractivity contribution in [1.82, 2.24) is 0 Å². The van der Waals surface area contributed by atoms with Gasteiger partial charge in [0.2, 0.25) is 0 Å². The molecule has 0 aliphatic carbocycles. The van der Waals surface area contributed by atoms with Crippen molar-refractivity contribution in [2.75, 3.05) is 6.26 Å². The molecular weight excluding hydrogens is 170 g/mol. The predicted molar refractivity (Wildman–Crippen MR) is 58.4 cm³/mol. The van der Waals surface area contributed by atoms with E-state index in [9.17, 15) is 0 Å². The van der Waals surface area contributed by atoms with E-state index in [2.05, 4.69) is 19.2 Å². The van der Waals surface area contributed by atoms with Crippen molar-refractivity contribution >= 4 is 18.8 Å². The Bertz CT molecular complexity index is 195. The van der Waals surface area contributed by atoms with Crippen LogP contribution in [0.3, 0.4) is 0 Å². The number of allylic oxidation sites excluding steroid dienone is 4. The minimum atomic E-state index is 0.106. The van der Waals surface area contributed by atoms with Crippen molar-refractivity contribution < 1.29 is 5.11 Å². The minimum absolute atomic E-state index is 0.106.